The van der Waals surface area contributed by atoms with Crippen LogP contribution in [0.15, 0.2) is 36.5 Å². The van der Waals surface area contributed by atoms with E-state index in [0.717, 1.165) is 49.6 Å². The van der Waals surface area contributed by atoms with Gasteiger partial charge in [0.05, 0.1) is 11.7 Å². The van der Waals surface area contributed by atoms with Gasteiger partial charge in [-0.05, 0) is 30.9 Å². The molecule has 3 heterocycles. The van der Waals surface area contributed by atoms with Gasteiger partial charge in [-0.25, -0.2) is 9.97 Å². The van der Waals surface area contributed by atoms with Crippen LogP contribution in [0.1, 0.15) is 67.7 Å². The van der Waals surface area contributed by atoms with E-state index in [-0.39, 0.29) is 5.91 Å². The van der Waals surface area contributed by atoms with Gasteiger partial charge in [-0.3, -0.25) is 9.69 Å². The van der Waals surface area contributed by atoms with Gasteiger partial charge in [-0.2, -0.15) is 0 Å². The molecule has 5 nitrogen and oxygen atoms in total. The van der Waals surface area contributed by atoms with E-state index in [9.17, 15) is 4.79 Å². The van der Waals surface area contributed by atoms with Crippen molar-refractivity contribution in [2.75, 3.05) is 19.6 Å². The fraction of sp³-hybridized carbons (Fsp3) is 0.522. The minimum atomic E-state index is 0.128. The Balaban J connectivity index is 1.51. The lowest BCUT2D eigenvalue weighted by atomic mass is 9.96. The Hall–Kier alpha value is -2.27. The zero-order valence-electron chi connectivity index (χ0n) is 17.0. The maximum atomic E-state index is 11.7. The highest BCUT2D eigenvalue weighted by Gasteiger charge is 2.29. The molecule has 0 bridgehead atoms. The standard InChI is InChI=1S/C23H30N4O/c1-17(19-8-4-3-5-9-19)15-27-12-7-6-10-22(27)23-24-14-20-16-26(18(2)28)13-11-21(20)25-23/h3-5,8-9,14,17,22H,6-7,10-13,15-16H2,1-2H3/t17-,22+/m0/s1. The number of carbonyl (C=O) groups is 1. The van der Waals surface area contributed by atoms with Crippen LogP contribution in [-0.2, 0) is 17.8 Å². The lowest BCUT2D eigenvalue weighted by Crippen LogP contribution is -2.38. The van der Waals surface area contributed by atoms with Crippen molar-refractivity contribution >= 4 is 5.91 Å². The number of aromatic nitrogens is 2. The fourth-order valence-electron chi connectivity index (χ4n) is 4.50. The highest BCUT2D eigenvalue weighted by molar-refractivity contribution is 5.73. The first-order valence-corrected chi connectivity index (χ1v) is 10.5. The van der Waals surface area contributed by atoms with Gasteiger partial charge >= 0.3 is 0 Å². The summed E-state index contributed by atoms with van der Waals surface area (Å²) < 4.78 is 0. The minimum absolute atomic E-state index is 0.128. The SMILES string of the molecule is CC(=O)N1CCc2nc([C@H]3CCCCN3C[C@H](C)c3ccccc3)ncc2C1. The van der Waals surface area contributed by atoms with E-state index in [2.05, 4.69) is 42.2 Å². The lowest BCUT2D eigenvalue weighted by Gasteiger charge is -2.37. The van der Waals surface area contributed by atoms with Gasteiger partial charge < -0.3 is 4.90 Å². The summed E-state index contributed by atoms with van der Waals surface area (Å²) in [6, 6.07) is 11.1. The molecule has 2 aromatic rings. The number of carbonyl (C=O) groups excluding carboxylic acids is 1. The van der Waals surface area contributed by atoms with Gasteiger partial charge in [0.1, 0.15) is 5.82 Å². The molecule has 0 aliphatic carbocycles. The van der Waals surface area contributed by atoms with Crippen molar-refractivity contribution in [2.24, 2.45) is 0 Å². The highest BCUT2D eigenvalue weighted by Crippen LogP contribution is 2.32. The van der Waals surface area contributed by atoms with Crippen molar-refractivity contribution < 1.29 is 4.79 Å². The van der Waals surface area contributed by atoms with Gasteiger partial charge in [0.25, 0.3) is 0 Å². The number of likely N-dealkylation sites (tertiary alicyclic amines) is 1. The van der Waals surface area contributed by atoms with Crippen molar-refractivity contribution in [3.05, 3.63) is 59.2 Å². The number of rotatable bonds is 4. The smallest absolute Gasteiger partial charge is 0.219 e. The minimum Gasteiger partial charge on any atom is -0.338 e. The van der Waals surface area contributed by atoms with Crippen LogP contribution >= 0.6 is 0 Å². The first-order valence-electron chi connectivity index (χ1n) is 10.5. The van der Waals surface area contributed by atoms with E-state index in [4.69, 9.17) is 9.97 Å². The quantitative estimate of drug-likeness (QED) is 0.814. The van der Waals surface area contributed by atoms with Crippen LogP contribution in [0.2, 0.25) is 0 Å². The zero-order chi connectivity index (χ0) is 19.5. The second-order valence-electron chi connectivity index (χ2n) is 8.21. The average Bonchev–Trinajstić information content (AvgIpc) is 2.74. The Kier molecular flexibility index (Phi) is 5.72. The van der Waals surface area contributed by atoms with Crippen LogP contribution in [0.3, 0.4) is 0 Å². The Morgan fingerprint density at radius 1 is 1.21 bits per heavy atom. The first-order chi connectivity index (χ1) is 13.6. The number of piperidine rings is 1. The van der Waals surface area contributed by atoms with E-state index >= 15 is 0 Å². The summed E-state index contributed by atoms with van der Waals surface area (Å²) in [5, 5.41) is 0. The normalized spacial score (nSPS) is 21.2. The molecule has 1 saturated heterocycles. The molecule has 5 heteroatoms. The van der Waals surface area contributed by atoms with Crippen LogP contribution in [0.25, 0.3) is 0 Å². The molecule has 0 unspecified atom stereocenters. The van der Waals surface area contributed by atoms with Crippen molar-refractivity contribution in [3.63, 3.8) is 0 Å². The van der Waals surface area contributed by atoms with E-state index in [1.807, 2.05) is 11.1 Å². The Bertz CT molecular complexity index is 823. The molecule has 0 saturated carbocycles. The number of amides is 1. The van der Waals surface area contributed by atoms with E-state index in [0.29, 0.717) is 18.5 Å². The molecular weight excluding hydrogens is 348 g/mol. The van der Waals surface area contributed by atoms with E-state index in [1.54, 1.807) is 6.92 Å². The molecular formula is C23H30N4O. The molecule has 2 aliphatic heterocycles. The average molecular weight is 379 g/mol. The molecule has 2 aliphatic rings. The van der Waals surface area contributed by atoms with Crippen molar-refractivity contribution in [1.29, 1.82) is 0 Å². The van der Waals surface area contributed by atoms with Crippen LogP contribution in [0.4, 0.5) is 0 Å². The molecule has 148 valence electrons. The van der Waals surface area contributed by atoms with E-state index < -0.39 is 0 Å². The van der Waals surface area contributed by atoms with Crippen molar-refractivity contribution in [1.82, 2.24) is 19.8 Å². The molecule has 0 spiro atoms. The highest BCUT2D eigenvalue weighted by atomic mass is 16.2. The molecule has 2 atom stereocenters. The molecule has 4 rings (SSSR count). The monoisotopic (exact) mass is 378 g/mol. The Labute approximate surface area is 167 Å². The molecule has 1 aromatic carbocycles. The number of benzene rings is 1. The number of nitrogens with zero attached hydrogens (tertiary/aromatic N) is 4. The maximum absolute atomic E-state index is 11.7. The molecule has 0 radical (unpaired) electrons. The summed E-state index contributed by atoms with van der Waals surface area (Å²) in [6.07, 6.45) is 6.40. The molecule has 28 heavy (non-hydrogen) atoms. The van der Waals surface area contributed by atoms with Crippen LogP contribution in [-0.4, -0.2) is 45.3 Å². The van der Waals surface area contributed by atoms with Gasteiger partial charge in [0.2, 0.25) is 5.91 Å². The predicted octanol–water partition coefficient (Wildman–Crippen LogP) is 3.71. The van der Waals surface area contributed by atoms with Gasteiger partial charge in [0, 0.05) is 44.7 Å². The second-order valence-corrected chi connectivity index (χ2v) is 8.21. The third-order valence-corrected chi connectivity index (χ3v) is 6.19. The third kappa shape index (κ3) is 4.09. The van der Waals surface area contributed by atoms with Gasteiger partial charge in [-0.15, -0.1) is 0 Å². The largest absolute Gasteiger partial charge is 0.338 e. The van der Waals surface area contributed by atoms with Crippen LogP contribution in [0, 0.1) is 0 Å². The molecule has 1 amide bonds. The third-order valence-electron chi connectivity index (χ3n) is 6.19. The van der Waals surface area contributed by atoms with E-state index in [1.165, 1.54) is 18.4 Å². The van der Waals surface area contributed by atoms with Crippen LogP contribution in [0.5, 0.6) is 0 Å². The molecule has 1 aromatic heterocycles. The second kappa shape index (κ2) is 8.39. The molecule has 1 fully saturated rings. The summed E-state index contributed by atoms with van der Waals surface area (Å²) in [6.45, 7) is 7.50. The summed E-state index contributed by atoms with van der Waals surface area (Å²) in [7, 11) is 0. The zero-order valence-corrected chi connectivity index (χ0v) is 17.0. The summed E-state index contributed by atoms with van der Waals surface area (Å²) in [5.74, 6) is 1.58. The lowest BCUT2D eigenvalue weighted by molar-refractivity contribution is -0.129. The fourth-order valence-corrected chi connectivity index (χ4v) is 4.50. The summed E-state index contributed by atoms with van der Waals surface area (Å²) in [4.78, 5) is 25.8. The van der Waals surface area contributed by atoms with Crippen molar-refractivity contribution in [2.45, 2.75) is 58.0 Å². The van der Waals surface area contributed by atoms with Gasteiger partial charge in [-0.1, -0.05) is 43.7 Å². The number of fused-ring (bicyclic) bond motifs is 1. The summed E-state index contributed by atoms with van der Waals surface area (Å²) in [5.41, 5.74) is 3.62. The first kappa shape index (κ1) is 19.1. The Morgan fingerprint density at radius 2 is 2.04 bits per heavy atom. The maximum Gasteiger partial charge on any atom is 0.219 e. The van der Waals surface area contributed by atoms with Crippen molar-refractivity contribution in [3.8, 4) is 0 Å². The molecule has 0 N–H and O–H groups in total. The summed E-state index contributed by atoms with van der Waals surface area (Å²) >= 11 is 0. The number of hydrogen-bond donors (Lipinski definition) is 0. The predicted molar refractivity (Wildman–Crippen MR) is 110 cm³/mol. The Morgan fingerprint density at radius 3 is 2.82 bits per heavy atom. The topological polar surface area (TPSA) is 49.3 Å². The van der Waals surface area contributed by atoms with Crippen LogP contribution < -0.4 is 0 Å². The number of hydrogen-bond acceptors (Lipinski definition) is 4. The van der Waals surface area contributed by atoms with Gasteiger partial charge in [0.15, 0.2) is 0 Å².